The Morgan fingerprint density at radius 2 is 2.18 bits per heavy atom. The average Bonchev–Trinajstić information content (AvgIpc) is 2.10. The third-order valence-corrected chi connectivity index (χ3v) is 1.72. The molecule has 5 nitrogen and oxygen atoms in total. The lowest BCUT2D eigenvalue weighted by molar-refractivity contribution is 0.270. The summed E-state index contributed by atoms with van der Waals surface area (Å²) < 4.78 is 21.3. The summed E-state index contributed by atoms with van der Waals surface area (Å²) in [6.07, 6.45) is 5.46. The fraction of sp³-hybridized carbons (Fsp3) is 0. The molecule has 0 saturated carbocycles. The first-order chi connectivity index (χ1) is 5.11. The fourth-order valence-electron chi connectivity index (χ4n) is 0.478. The Hall–Kier alpha value is -1.14. The summed E-state index contributed by atoms with van der Waals surface area (Å²) in [5.74, 6) is 0. The van der Waals surface area contributed by atoms with Crippen molar-refractivity contribution in [2.75, 3.05) is 0 Å². The Kier molecular flexibility index (Phi) is 2.06. The zero-order valence-corrected chi connectivity index (χ0v) is 6.28. The smallest absolute Gasteiger partial charge is 0.258 e. The highest BCUT2D eigenvalue weighted by molar-refractivity contribution is 8.04. The highest BCUT2D eigenvalue weighted by Gasteiger charge is 2.11. The maximum absolute atomic E-state index is 10.6. The second-order valence-electron chi connectivity index (χ2n) is 1.77. The minimum absolute atomic E-state index is 0.289. The Morgan fingerprint density at radius 3 is 2.82 bits per heavy atom. The Bertz CT molecular complexity index is 326. The van der Waals surface area contributed by atoms with Gasteiger partial charge in [-0.05, 0) is 12.2 Å². The van der Waals surface area contributed by atoms with E-state index in [4.69, 9.17) is 5.14 Å². The van der Waals surface area contributed by atoms with Gasteiger partial charge in [0, 0.05) is 0 Å². The van der Waals surface area contributed by atoms with E-state index in [1.165, 1.54) is 24.5 Å². The standard InChI is InChI=1S/C5H6N2O3S/c6-11(8,9)5-3-1-2-4-10-7-5/h1-4H,(H2,6,8,9). The predicted octanol–water partition coefficient (Wildman–Crippen LogP) is -0.311. The molecular weight excluding hydrogens is 168 g/mol. The summed E-state index contributed by atoms with van der Waals surface area (Å²) in [6.45, 7) is 0. The molecule has 0 unspecified atom stereocenters. The van der Waals surface area contributed by atoms with E-state index in [1.807, 2.05) is 0 Å². The van der Waals surface area contributed by atoms with Crippen LogP contribution in [0.2, 0.25) is 0 Å². The van der Waals surface area contributed by atoms with Crippen LogP contribution >= 0.6 is 0 Å². The van der Waals surface area contributed by atoms with Crippen LogP contribution in [0, 0.1) is 0 Å². The highest BCUT2D eigenvalue weighted by atomic mass is 32.2. The van der Waals surface area contributed by atoms with Crippen LogP contribution in [0.15, 0.2) is 29.6 Å². The SMILES string of the molecule is NS(=O)(=O)C1=NOC=CC=C1. The van der Waals surface area contributed by atoms with Gasteiger partial charge in [-0.25, -0.2) is 13.6 Å². The molecule has 11 heavy (non-hydrogen) atoms. The van der Waals surface area contributed by atoms with Gasteiger partial charge in [-0.1, -0.05) is 11.2 Å². The number of hydrogen-bond acceptors (Lipinski definition) is 4. The van der Waals surface area contributed by atoms with Gasteiger partial charge in [-0.2, -0.15) is 0 Å². The average molecular weight is 174 g/mol. The van der Waals surface area contributed by atoms with E-state index < -0.39 is 10.0 Å². The van der Waals surface area contributed by atoms with Gasteiger partial charge in [-0.3, -0.25) is 0 Å². The maximum Gasteiger partial charge on any atom is 0.258 e. The molecule has 0 radical (unpaired) electrons. The Balaban J connectivity index is 3.00. The van der Waals surface area contributed by atoms with Crippen LogP contribution in [0.25, 0.3) is 0 Å². The lowest BCUT2D eigenvalue weighted by Crippen LogP contribution is -2.21. The molecule has 1 aliphatic rings. The molecule has 0 amide bonds. The predicted molar refractivity (Wildman–Crippen MR) is 39.9 cm³/mol. The Morgan fingerprint density at radius 1 is 1.45 bits per heavy atom. The van der Waals surface area contributed by atoms with Crippen molar-refractivity contribution in [1.29, 1.82) is 0 Å². The van der Waals surface area contributed by atoms with Crippen molar-refractivity contribution in [2.45, 2.75) is 0 Å². The van der Waals surface area contributed by atoms with E-state index in [-0.39, 0.29) is 5.04 Å². The van der Waals surface area contributed by atoms with Crippen LogP contribution in [-0.4, -0.2) is 13.5 Å². The van der Waals surface area contributed by atoms with Crippen molar-refractivity contribution in [2.24, 2.45) is 10.3 Å². The van der Waals surface area contributed by atoms with Gasteiger partial charge in [0.05, 0.1) is 0 Å². The Labute approximate surface area is 63.9 Å². The number of sulfonamides is 1. The lowest BCUT2D eigenvalue weighted by atomic mass is 10.5. The first-order valence-electron chi connectivity index (χ1n) is 2.70. The molecule has 0 bridgehead atoms. The van der Waals surface area contributed by atoms with Gasteiger partial charge < -0.3 is 4.84 Å². The summed E-state index contributed by atoms with van der Waals surface area (Å²) in [4.78, 5) is 4.42. The minimum atomic E-state index is -3.75. The van der Waals surface area contributed by atoms with Gasteiger partial charge >= 0.3 is 0 Å². The molecule has 0 aromatic heterocycles. The molecule has 0 aromatic rings. The van der Waals surface area contributed by atoms with Crippen LogP contribution in [0.3, 0.4) is 0 Å². The summed E-state index contributed by atoms with van der Waals surface area (Å²) in [7, 11) is -3.75. The first-order valence-corrected chi connectivity index (χ1v) is 4.25. The number of nitrogens with zero attached hydrogens (tertiary/aromatic N) is 1. The number of rotatable bonds is 0. The van der Waals surface area contributed by atoms with Gasteiger partial charge in [0.15, 0.2) is 0 Å². The molecule has 0 aromatic carbocycles. The van der Waals surface area contributed by atoms with Crippen molar-refractivity contribution in [3.63, 3.8) is 0 Å². The summed E-state index contributed by atoms with van der Waals surface area (Å²) in [5.41, 5.74) is 0. The molecule has 1 aliphatic heterocycles. The van der Waals surface area contributed by atoms with Crippen LogP contribution in [0.5, 0.6) is 0 Å². The molecule has 6 heteroatoms. The maximum atomic E-state index is 10.6. The summed E-state index contributed by atoms with van der Waals surface area (Å²) >= 11 is 0. The van der Waals surface area contributed by atoms with Gasteiger partial charge in [0.1, 0.15) is 6.26 Å². The zero-order chi connectivity index (χ0) is 8.32. The van der Waals surface area contributed by atoms with Crippen LogP contribution in [0.4, 0.5) is 0 Å². The molecule has 1 heterocycles. The largest absolute Gasteiger partial charge is 0.363 e. The van der Waals surface area contributed by atoms with E-state index in [0.717, 1.165) is 0 Å². The second-order valence-corrected chi connectivity index (χ2v) is 3.28. The fourth-order valence-corrected chi connectivity index (χ4v) is 0.893. The molecule has 0 fully saturated rings. The molecule has 0 spiro atoms. The number of nitrogens with two attached hydrogens (primary N) is 1. The van der Waals surface area contributed by atoms with Crippen molar-refractivity contribution < 1.29 is 13.3 Å². The van der Waals surface area contributed by atoms with E-state index in [0.29, 0.717) is 0 Å². The van der Waals surface area contributed by atoms with Crippen molar-refractivity contribution in [3.8, 4) is 0 Å². The van der Waals surface area contributed by atoms with E-state index in [2.05, 4.69) is 9.99 Å². The van der Waals surface area contributed by atoms with E-state index in [1.54, 1.807) is 0 Å². The lowest BCUT2D eigenvalue weighted by Gasteiger charge is -1.92. The topological polar surface area (TPSA) is 81.8 Å². The highest BCUT2D eigenvalue weighted by Crippen LogP contribution is 1.96. The molecule has 0 saturated heterocycles. The number of allylic oxidation sites excluding steroid dienone is 2. The normalized spacial score (nSPS) is 17.0. The van der Waals surface area contributed by atoms with Crippen LogP contribution in [0.1, 0.15) is 0 Å². The number of hydrogen-bond donors (Lipinski definition) is 1. The van der Waals surface area contributed by atoms with Crippen molar-refractivity contribution in [3.05, 3.63) is 24.5 Å². The van der Waals surface area contributed by atoms with E-state index >= 15 is 0 Å². The molecule has 60 valence electrons. The molecule has 1 rings (SSSR count). The number of primary sulfonamides is 1. The van der Waals surface area contributed by atoms with Crippen LogP contribution < -0.4 is 5.14 Å². The third-order valence-electron chi connectivity index (χ3n) is 0.924. The minimum Gasteiger partial charge on any atom is -0.363 e. The van der Waals surface area contributed by atoms with Gasteiger partial charge in [0.2, 0.25) is 5.04 Å². The van der Waals surface area contributed by atoms with Crippen molar-refractivity contribution in [1.82, 2.24) is 0 Å². The third kappa shape index (κ3) is 2.17. The molecule has 0 aliphatic carbocycles. The first kappa shape index (κ1) is 7.96. The van der Waals surface area contributed by atoms with Gasteiger partial charge in [0.25, 0.3) is 10.0 Å². The summed E-state index contributed by atoms with van der Waals surface area (Å²) in [6, 6.07) is 0. The zero-order valence-electron chi connectivity index (χ0n) is 5.47. The monoisotopic (exact) mass is 174 g/mol. The van der Waals surface area contributed by atoms with E-state index in [9.17, 15) is 8.42 Å². The van der Waals surface area contributed by atoms with Gasteiger partial charge in [-0.15, -0.1) is 0 Å². The van der Waals surface area contributed by atoms with Crippen LogP contribution in [-0.2, 0) is 14.9 Å². The summed E-state index contributed by atoms with van der Waals surface area (Å²) in [5, 5.41) is 7.70. The molecule has 2 N–H and O–H groups in total. The second kappa shape index (κ2) is 2.85. The molecular formula is C5H6N2O3S. The molecule has 0 atom stereocenters. The number of oxime groups is 1. The van der Waals surface area contributed by atoms with Crippen molar-refractivity contribution >= 4 is 15.1 Å². The quantitative estimate of drug-likeness (QED) is 0.546.